The standard InChI is InChI=1S/C9H16O3S/c1-5(2)6(3)8(9(11)12)13-7(4)10/h5-6,8H,1-4H3,(H,11,12)/t6-,8?/m0/s1. The molecule has 76 valence electrons. The number of hydrogen-bond donors (Lipinski definition) is 1. The second-order valence-corrected chi connectivity index (χ2v) is 4.79. The maximum absolute atomic E-state index is 10.8. The summed E-state index contributed by atoms with van der Waals surface area (Å²) in [6.45, 7) is 7.18. The van der Waals surface area contributed by atoms with Crippen LogP contribution in [0.4, 0.5) is 0 Å². The molecule has 2 atom stereocenters. The molecule has 0 bridgehead atoms. The molecule has 1 unspecified atom stereocenters. The summed E-state index contributed by atoms with van der Waals surface area (Å²) >= 11 is 0.906. The maximum atomic E-state index is 10.8. The van der Waals surface area contributed by atoms with Gasteiger partial charge < -0.3 is 5.11 Å². The van der Waals surface area contributed by atoms with Gasteiger partial charge in [-0.2, -0.15) is 0 Å². The van der Waals surface area contributed by atoms with Gasteiger partial charge in [-0.15, -0.1) is 0 Å². The fourth-order valence-corrected chi connectivity index (χ4v) is 1.90. The highest BCUT2D eigenvalue weighted by molar-refractivity contribution is 8.14. The normalized spacial score (nSPS) is 15.5. The Morgan fingerprint density at radius 3 is 1.92 bits per heavy atom. The van der Waals surface area contributed by atoms with Crippen molar-refractivity contribution in [1.29, 1.82) is 0 Å². The number of thioether (sulfide) groups is 1. The quantitative estimate of drug-likeness (QED) is 0.761. The lowest BCUT2D eigenvalue weighted by atomic mass is 9.94. The lowest BCUT2D eigenvalue weighted by Gasteiger charge is -2.21. The number of hydrogen-bond acceptors (Lipinski definition) is 3. The van der Waals surface area contributed by atoms with E-state index in [4.69, 9.17) is 5.11 Å². The van der Waals surface area contributed by atoms with Gasteiger partial charge in [0, 0.05) is 6.92 Å². The van der Waals surface area contributed by atoms with Gasteiger partial charge in [-0.05, 0) is 11.8 Å². The number of carbonyl (C=O) groups is 2. The molecule has 3 nitrogen and oxygen atoms in total. The van der Waals surface area contributed by atoms with Crippen LogP contribution in [-0.2, 0) is 9.59 Å². The molecular weight excluding hydrogens is 188 g/mol. The van der Waals surface area contributed by atoms with Crippen LogP contribution < -0.4 is 0 Å². The first-order valence-electron chi connectivity index (χ1n) is 4.26. The molecule has 0 aliphatic rings. The molecule has 0 aromatic heterocycles. The van der Waals surface area contributed by atoms with E-state index >= 15 is 0 Å². The first kappa shape index (κ1) is 12.5. The molecule has 0 aliphatic heterocycles. The molecule has 0 rings (SSSR count). The monoisotopic (exact) mass is 204 g/mol. The third-order valence-corrected chi connectivity index (χ3v) is 3.28. The molecule has 0 aliphatic carbocycles. The third-order valence-electron chi connectivity index (χ3n) is 2.07. The van der Waals surface area contributed by atoms with Crippen molar-refractivity contribution >= 4 is 22.8 Å². The van der Waals surface area contributed by atoms with Gasteiger partial charge in [-0.3, -0.25) is 9.59 Å². The molecule has 4 heteroatoms. The van der Waals surface area contributed by atoms with Crippen LogP contribution >= 0.6 is 11.8 Å². The van der Waals surface area contributed by atoms with Crippen molar-refractivity contribution in [2.24, 2.45) is 11.8 Å². The van der Waals surface area contributed by atoms with Crippen molar-refractivity contribution in [2.45, 2.75) is 32.9 Å². The van der Waals surface area contributed by atoms with E-state index in [0.717, 1.165) is 11.8 Å². The Kier molecular flexibility index (Phi) is 5.06. The Labute approximate surface area is 82.9 Å². The number of carbonyl (C=O) groups excluding carboxylic acids is 1. The van der Waals surface area contributed by atoms with Gasteiger partial charge in [0.1, 0.15) is 5.25 Å². The Balaban J connectivity index is 4.41. The fourth-order valence-electron chi connectivity index (χ4n) is 0.911. The fraction of sp³-hybridized carbons (Fsp3) is 0.778. The summed E-state index contributed by atoms with van der Waals surface area (Å²) in [5.74, 6) is -0.624. The van der Waals surface area contributed by atoms with Gasteiger partial charge in [0.05, 0.1) is 0 Å². The summed E-state index contributed by atoms with van der Waals surface area (Å²) in [6.07, 6.45) is 0. The van der Waals surface area contributed by atoms with Gasteiger partial charge in [0.15, 0.2) is 5.12 Å². The molecule has 0 fully saturated rings. The van der Waals surface area contributed by atoms with Crippen LogP contribution in [0.3, 0.4) is 0 Å². The topological polar surface area (TPSA) is 54.4 Å². The predicted molar refractivity (Wildman–Crippen MR) is 53.7 cm³/mol. The van der Waals surface area contributed by atoms with Gasteiger partial charge in [0.2, 0.25) is 0 Å². The second-order valence-electron chi connectivity index (χ2n) is 3.47. The average Bonchev–Trinajstić information content (AvgIpc) is 1.97. The van der Waals surface area contributed by atoms with Crippen molar-refractivity contribution in [3.8, 4) is 0 Å². The number of rotatable bonds is 4. The van der Waals surface area contributed by atoms with Gasteiger partial charge in [0.25, 0.3) is 0 Å². The largest absolute Gasteiger partial charge is 0.480 e. The second kappa shape index (κ2) is 5.27. The molecular formula is C9H16O3S. The Morgan fingerprint density at radius 1 is 1.23 bits per heavy atom. The Bertz CT molecular complexity index is 201. The van der Waals surface area contributed by atoms with Crippen LogP contribution in [-0.4, -0.2) is 21.4 Å². The summed E-state index contributed by atoms with van der Waals surface area (Å²) in [5, 5.41) is 8.12. The molecule has 0 saturated heterocycles. The van der Waals surface area contributed by atoms with Crippen LogP contribution in [0.2, 0.25) is 0 Å². The number of aliphatic carboxylic acids is 1. The van der Waals surface area contributed by atoms with Gasteiger partial charge in [-0.25, -0.2) is 0 Å². The minimum absolute atomic E-state index is 0.00593. The first-order chi connectivity index (χ1) is 5.86. The van der Waals surface area contributed by atoms with Gasteiger partial charge >= 0.3 is 5.97 Å². The maximum Gasteiger partial charge on any atom is 0.317 e. The van der Waals surface area contributed by atoms with E-state index in [9.17, 15) is 9.59 Å². The predicted octanol–water partition coefficient (Wildman–Crippen LogP) is 2.01. The van der Waals surface area contributed by atoms with Crippen LogP contribution in [0, 0.1) is 11.8 Å². The molecule has 1 N–H and O–H groups in total. The summed E-state index contributed by atoms with van der Waals surface area (Å²) < 4.78 is 0. The Hall–Kier alpha value is -0.510. The smallest absolute Gasteiger partial charge is 0.317 e. The molecule has 0 saturated carbocycles. The van der Waals surface area contributed by atoms with E-state index in [1.54, 1.807) is 0 Å². The molecule has 0 aromatic carbocycles. The van der Waals surface area contributed by atoms with Crippen LogP contribution in [0.25, 0.3) is 0 Å². The zero-order valence-corrected chi connectivity index (χ0v) is 9.22. The first-order valence-corrected chi connectivity index (χ1v) is 5.14. The van der Waals surface area contributed by atoms with Crippen LogP contribution in [0.1, 0.15) is 27.7 Å². The van der Waals surface area contributed by atoms with E-state index in [1.807, 2.05) is 20.8 Å². The highest BCUT2D eigenvalue weighted by Gasteiger charge is 2.28. The minimum atomic E-state index is -0.901. The molecule has 0 aromatic rings. The SMILES string of the molecule is CC(=O)SC(C(=O)O)[C@@H](C)C(C)C. The molecule has 0 heterocycles. The zero-order chi connectivity index (χ0) is 10.6. The molecule has 0 radical (unpaired) electrons. The highest BCUT2D eigenvalue weighted by atomic mass is 32.2. The number of carboxylic acids is 1. The van der Waals surface area contributed by atoms with Crippen LogP contribution in [0.5, 0.6) is 0 Å². The van der Waals surface area contributed by atoms with Crippen molar-refractivity contribution in [3.05, 3.63) is 0 Å². The van der Waals surface area contributed by atoms with E-state index in [2.05, 4.69) is 0 Å². The van der Waals surface area contributed by atoms with E-state index in [0.29, 0.717) is 0 Å². The van der Waals surface area contributed by atoms with Crippen molar-refractivity contribution in [3.63, 3.8) is 0 Å². The van der Waals surface area contributed by atoms with Crippen LogP contribution in [0.15, 0.2) is 0 Å². The summed E-state index contributed by atoms with van der Waals surface area (Å²) in [5.41, 5.74) is 0. The summed E-state index contributed by atoms with van der Waals surface area (Å²) in [6, 6.07) is 0. The lowest BCUT2D eigenvalue weighted by molar-refractivity contribution is -0.137. The highest BCUT2D eigenvalue weighted by Crippen LogP contribution is 2.26. The average molecular weight is 204 g/mol. The molecule has 0 amide bonds. The third kappa shape index (κ3) is 4.31. The molecule has 0 spiro atoms. The van der Waals surface area contributed by atoms with Crippen molar-refractivity contribution in [1.82, 2.24) is 0 Å². The van der Waals surface area contributed by atoms with E-state index < -0.39 is 11.2 Å². The zero-order valence-electron chi connectivity index (χ0n) is 8.40. The number of carboxylic acid groups (broad SMARTS) is 1. The summed E-state index contributed by atoms with van der Waals surface area (Å²) in [4.78, 5) is 21.6. The summed E-state index contributed by atoms with van der Waals surface area (Å²) in [7, 11) is 0. The minimum Gasteiger partial charge on any atom is -0.480 e. The van der Waals surface area contributed by atoms with E-state index in [1.165, 1.54) is 6.92 Å². The van der Waals surface area contributed by atoms with E-state index in [-0.39, 0.29) is 17.0 Å². The van der Waals surface area contributed by atoms with Crippen molar-refractivity contribution in [2.75, 3.05) is 0 Å². The Morgan fingerprint density at radius 2 is 1.69 bits per heavy atom. The molecule has 13 heavy (non-hydrogen) atoms. The van der Waals surface area contributed by atoms with Gasteiger partial charge in [-0.1, -0.05) is 32.5 Å². The lowest BCUT2D eigenvalue weighted by Crippen LogP contribution is -2.28. The van der Waals surface area contributed by atoms with Crippen molar-refractivity contribution < 1.29 is 14.7 Å².